The molecule has 1 saturated heterocycles. The van der Waals surface area contributed by atoms with Crippen molar-refractivity contribution in [3.05, 3.63) is 0 Å². The molecule has 0 bridgehead atoms. The molecule has 1 N–H and O–H groups in total. The van der Waals surface area contributed by atoms with Gasteiger partial charge in [0.15, 0.2) is 0 Å². The molecule has 2 aliphatic rings. The van der Waals surface area contributed by atoms with Crippen LogP contribution in [0.3, 0.4) is 0 Å². The highest BCUT2D eigenvalue weighted by Crippen LogP contribution is 2.33. The number of rotatable bonds is 2. The maximum Gasteiger partial charge on any atom is 0.0723 e. The summed E-state index contributed by atoms with van der Waals surface area (Å²) in [6, 6.07) is 0.447. The molecule has 1 saturated carbocycles. The number of aliphatic hydroxyl groups excluding tert-OH is 1. The normalized spacial score (nSPS) is 33.4. The van der Waals surface area contributed by atoms with Gasteiger partial charge < -0.3 is 10.0 Å². The van der Waals surface area contributed by atoms with Gasteiger partial charge in [0.05, 0.1) is 6.10 Å². The zero-order valence-electron chi connectivity index (χ0n) is 9.28. The fraction of sp³-hybridized carbons (Fsp3) is 1.00. The molecule has 82 valence electrons. The van der Waals surface area contributed by atoms with Crippen molar-refractivity contribution in [3.63, 3.8) is 0 Å². The summed E-state index contributed by atoms with van der Waals surface area (Å²) in [5.41, 5.74) is 0. The molecule has 2 atom stereocenters. The van der Waals surface area contributed by atoms with Crippen LogP contribution in [0.5, 0.6) is 0 Å². The smallest absolute Gasteiger partial charge is 0.0723 e. The average molecular weight is 197 g/mol. The van der Waals surface area contributed by atoms with Crippen LogP contribution >= 0.6 is 0 Å². The maximum atomic E-state index is 10.2. The molecule has 2 nitrogen and oxygen atoms in total. The Kier molecular flexibility index (Phi) is 3.45. The molecule has 1 aliphatic heterocycles. The summed E-state index contributed by atoms with van der Waals surface area (Å²) in [5.74, 6) is 0.612. The van der Waals surface area contributed by atoms with E-state index >= 15 is 0 Å². The van der Waals surface area contributed by atoms with Crippen molar-refractivity contribution in [2.75, 3.05) is 13.6 Å². The lowest BCUT2D eigenvalue weighted by atomic mass is 9.77. The molecule has 0 amide bonds. The van der Waals surface area contributed by atoms with Crippen LogP contribution in [-0.4, -0.2) is 35.7 Å². The number of hydrogen-bond donors (Lipinski definition) is 1. The SMILES string of the molecule is CN1CCCCCC1C(O)C1CCC1. The minimum absolute atomic E-state index is 0.0492. The van der Waals surface area contributed by atoms with E-state index in [1.807, 2.05) is 0 Å². The van der Waals surface area contributed by atoms with Crippen molar-refractivity contribution < 1.29 is 5.11 Å². The van der Waals surface area contributed by atoms with Gasteiger partial charge in [-0.2, -0.15) is 0 Å². The Balaban J connectivity index is 1.91. The molecule has 0 spiro atoms. The second-order valence-corrected chi connectivity index (χ2v) is 5.08. The monoisotopic (exact) mass is 197 g/mol. The average Bonchev–Trinajstić information content (AvgIpc) is 2.26. The van der Waals surface area contributed by atoms with Gasteiger partial charge in [-0.05, 0) is 45.2 Å². The van der Waals surface area contributed by atoms with Crippen molar-refractivity contribution >= 4 is 0 Å². The Bertz CT molecular complexity index is 179. The molecule has 14 heavy (non-hydrogen) atoms. The van der Waals surface area contributed by atoms with Crippen LogP contribution in [0.4, 0.5) is 0 Å². The third-order valence-electron chi connectivity index (χ3n) is 4.10. The van der Waals surface area contributed by atoms with E-state index in [0.29, 0.717) is 12.0 Å². The van der Waals surface area contributed by atoms with Crippen LogP contribution < -0.4 is 0 Å². The third kappa shape index (κ3) is 2.12. The number of nitrogens with zero attached hydrogens (tertiary/aromatic N) is 1. The first-order valence-electron chi connectivity index (χ1n) is 6.17. The van der Waals surface area contributed by atoms with E-state index in [1.54, 1.807) is 0 Å². The minimum atomic E-state index is -0.0492. The van der Waals surface area contributed by atoms with E-state index in [-0.39, 0.29) is 6.10 Å². The van der Waals surface area contributed by atoms with E-state index in [4.69, 9.17) is 0 Å². The molecular weight excluding hydrogens is 174 g/mol. The summed E-state index contributed by atoms with van der Waals surface area (Å²) >= 11 is 0. The molecule has 0 aromatic rings. The molecule has 2 unspecified atom stereocenters. The lowest BCUT2D eigenvalue weighted by Gasteiger charge is -2.38. The summed E-state index contributed by atoms with van der Waals surface area (Å²) in [7, 11) is 2.18. The van der Waals surface area contributed by atoms with Crippen molar-refractivity contribution in [3.8, 4) is 0 Å². The maximum absolute atomic E-state index is 10.2. The summed E-state index contributed by atoms with van der Waals surface area (Å²) < 4.78 is 0. The van der Waals surface area contributed by atoms with Gasteiger partial charge in [-0.3, -0.25) is 0 Å². The Morgan fingerprint density at radius 1 is 1.07 bits per heavy atom. The molecule has 0 radical (unpaired) electrons. The Morgan fingerprint density at radius 3 is 2.50 bits per heavy atom. The Hall–Kier alpha value is -0.0800. The third-order valence-corrected chi connectivity index (χ3v) is 4.10. The lowest BCUT2D eigenvalue weighted by molar-refractivity contribution is -0.00760. The van der Waals surface area contributed by atoms with Crippen LogP contribution in [0.15, 0.2) is 0 Å². The summed E-state index contributed by atoms with van der Waals surface area (Å²) in [6.07, 6.45) is 8.96. The van der Waals surface area contributed by atoms with E-state index in [0.717, 1.165) is 0 Å². The zero-order valence-corrected chi connectivity index (χ0v) is 9.28. The van der Waals surface area contributed by atoms with E-state index in [9.17, 15) is 5.11 Å². The summed E-state index contributed by atoms with van der Waals surface area (Å²) in [5, 5.41) is 10.2. The van der Waals surface area contributed by atoms with Crippen LogP contribution in [0, 0.1) is 5.92 Å². The number of likely N-dealkylation sites (N-methyl/N-ethyl adjacent to an activating group) is 1. The quantitative estimate of drug-likeness (QED) is 0.732. The number of likely N-dealkylation sites (tertiary alicyclic amines) is 1. The lowest BCUT2D eigenvalue weighted by Crippen LogP contribution is -2.46. The fourth-order valence-electron chi connectivity index (χ4n) is 2.80. The van der Waals surface area contributed by atoms with Gasteiger partial charge in [-0.1, -0.05) is 19.3 Å². The first kappa shape index (κ1) is 10.4. The topological polar surface area (TPSA) is 23.5 Å². The zero-order chi connectivity index (χ0) is 9.97. The van der Waals surface area contributed by atoms with Gasteiger partial charge in [0.1, 0.15) is 0 Å². The predicted octanol–water partition coefficient (Wildman–Crippen LogP) is 2.02. The molecule has 1 heterocycles. The predicted molar refractivity (Wildman–Crippen MR) is 58.2 cm³/mol. The minimum Gasteiger partial charge on any atom is -0.391 e. The van der Waals surface area contributed by atoms with Crippen molar-refractivity contribution in [2.45, 2.75) is 57.1 Å². The highest BCUT2D eigenvalue weighted by atomic mass is 16.3. The van der Waals surface area contributed by atoms with Gasteiger partial charge in [0.2, 0.25) is 0 Å². The van der Waals surface area contributed by atoms with E-state index in [1.165, 1.54) is 51.5 Å². The van der Waals surface area contributed by atoms with Crippen molar-refractivity contribution in [2.24, 2.45) is 5.92 Å². The Morgan fingerprint density at radius 2 is 1.86 bits per heavy atom. The van der Waals surface area contributed by atoms with Crippen LogP contribution in [0.1, 0.15) is 44.9 Å². The molecule has 2 rings (SSSR count). The summed E-state index contributed by atoms with van der Waals surface area (Å²) in [4.78, 5) is 2.38. The van der Waals surface area contributed by atoms with Gasteiger partial charge in [-0.25, -0.2) is 0 Å². The highest BCUT2D eigenvalue weighted by molar-refractivity contribution is 4.87. The molecular formula is C12H23NO. The van der Waals surface area contributed by atoms with Gasteiger partial charge >= 0.3 is 0 Å². The second kappa shape index (κ2) is 4.63. The largest absolute Gasteiger partial charge is 0.391 e. The standard InChI is InChI=1S/C12H23NO/c1-13-9-4-2-3-8-11(13)12(14)10-6-5-7-10/h10-12,14H,2-9H2,1H3. The van der Waals surface area contributed by atoms with Gasteiger partial charge in [-0.15, -0.1) is 0 Å². The highest BCUT2D eigenvalue weighted by Gasteiger charge is 2.33. The first-order chi connectivity index (χ1) is 6.79. The number of aliphatic hydroxyl groups is 1. The van der Waals surface area contributed by atoms with Crippen molar-refractivity contribution in [1.82, 2.24) is 4.90 Å². The molecule has 0 aromatic heterocycles. The fourth-order valence-corrected chi connectivity index (χ4v) is 2.80. The Labute approximate surface area is 87.3 Å². The molecule has 1 aliphatic carbocycles. The van der Waals surface area contributed by atoms with Crippen LogP contribution in [0.2, 0.25) is 0 Å². The van der Waals surface area contributed by atoms with E-state index in [2.05, 4.69) is 11.9 Å². The second-order valence-electron chi connectivity index (χ2n) is 5.08. The number of hydrogen-bond acceptors (Lipinski definition) is 2. The van der Waals surface area contributed by atoms with E-state index < -0.39 is 0 Å². The van der Waals surface area contributed by atoms with Crippen LogP contribution in [-0.2, 0) is 0 Å². The molecule has 0 aromatic carbocycles. The van der Waals surface area contributed by atoms with Crippen molar-refractivity contribution in [1.29, 1.82) is 0 Å². The van der Waals surface area contributed by atoms with Crippen LogP contribution in [0.25, 0.3) is 0 Å². The first-order valence-corrected chi connectivity index (χ1v) is 6.17. The molecule has 2 fully saturated rings. The molecule has 2 heteroatoms. The summed E-state index contributed by atoms with van der Waals surface area (Å²) in [6.45, 7) is 1.18. The van der Waals surface area contributed by atoms with Gasteiger partial charge in [0.25, 0.3) is 0 Å². The van der Waals surface area contributed by atoms with Gasteiger partial charge in [0, 0.05) is 6.04 Å².